The topological polar surface area (TPSA) is 100 Å². The zero-order valence-electron chi connectivity index (χ0n) is 31.8. The molecule has 3 aromatic rings. The van der Waals surface area contributed by atoms with Crippen LogP contribution in [0.25, 0.3) is 0 Å². The van der Waals surface area contributed by atoms with Gasteiger partial charge in [0.1, 0.15) is 18.2 Å². The van der Waals surface area contributed by atoms with Crippen LogP contribution in [0.1, 0.15) is 37.0 Å². The molecule has 3 aliphatic heterocycles. The van der Waals surface area contributed by atoms with Gasteiger partial charge in [0.05, 0.1) is 55.4 Å². The molecule has 0 aliphatic carbocycles. The van der Waals surface area contributed by atoms with Crippen LogP contribution in [0.3, 0.4) is 0 Å². The summed E-state index contributed by atoms with van der Waals surface area (Å²) in [7, 11) is 1.72. The number of piperazine rings is 3. The van der Waals surface area contributed by atoms with Gasteiger partial charge in [-0.05, 0) is 55.9 Å². The Morgan fingerprint density at radius 2 is 0.852 bits per heavy atom. The number of rotatable bonds is 9. The van der Waals surface area contributed by atoms with E-state index >= 15 is 0 Å². The van der Waals surface area contributed by atoms with Crippen LogP contribution in [-0.2, 0) is 4.74 Å². The van der Waals surface area contributed by atoms with Gasteiger partial charge < -0.3 is 24.3 Å². The molecule has 10 nitrogen and oxygen atoms in total. The zero-order valence-corrected chi connectivity index (χ0v) is 34.1. The van der Waals surface area contributed by atoms with E-state index in [0.29, 0.717) is 31.8 Å². The summed E-state index contributed by atoms with van der Waals surface area (Å²) in [4.78, 5) is 14.0. The van der Waals surface area contributed by atoms with Crippen molar-refractivity contribution < 1.29 is 4.74 Å². The standard InChI is InChI=1S/C14H18ClN3O.C14H18ClN3.C13H16ClN3/c1-19-10-9-17-5-7-18(8-6-17)14-4-2-3-13(15)12(14)11-16;1-2-6-17-7-9-18(10-8-17)14-5-3-4-13(15)12(14)11-16;1-2-16-6-8-17(9-7-16)13-5-3-4-12(14)11(13)10-15/h2-4H,5-10H2,1H3;3-5H,2,6-10H2,1H3;3-5H,2,6-9H2,1H3. The number of halogens is 3. The van der Waals surface area contributed by atoms with Crippen LogP contribution in [0, 0.1) is 34.0 Å². The second-order valence-corrected chi connectivity index (χ2v) is 14.5. The van der Waals surface area contributed by atoms with Crippen LogP contribution in [0.2, 0.25) is 15.1 Å². The number of nitriles is 3. The van der Waals surface area contributed by atoms with Crippen molar-refractivity contribution in [3.63, 3.8) is 0 Å². The third-order valence-corrected chi connectivity index (χ3v) is 11.0. The van der Waals surface area contributed by atoms with Crippen molar-refractivity contribution in [2.75, 3.05) is 127 Å². The van der Waals surface area contributed by atoms with Crippen LogP contribution >= 0.6 is 34.8 Å². The van der Waals surface area contributed by atoms with Crippen LogP contribution in [0.4, 0.5) is 17.1 Å². The molecule has 0 N–H and O–H groups in total. The Labute approximate surface area is 337 Å². The summed E-state index contributed by atoms with van der Waals surface area (Å²) < 4.78 is 5.09. The highest BCUT2D eigenvalue weighted by Gasteiger charge is 2.22. The molecule has 0 aromatic heterocycles. The Morgan fingerprint density at radius 1 is 0.519 bits per heavy atom. The number of nitrogens with zero attached hydrogens (tertiary/aromatic N) is 9. The fraction of sp³-hybridized carbons (Fsp3) is 0.488. The molecule has 0 saturated carbocycles. The molecule has 3 fully saturated rings. The van der Waals surface area contributed by atoms with Gasteiger partial charge in [0.15, 0.2) is 0 Å². The number of likely N-dealkylation sites (N-methyl/N-ethyl adjacent to an activating group) is 1. The normalized spacial score (nSPS) is 16.6. The molecule has 3 aromatic carbocycles. The van der Waals surface area contributed by atoms with E-state index < -0.39 is 0 Å². The minimum absolute atomic E-state index is 0.529. The van der Waals surface area contributed by atoms with Crippen molar-refractivity contribution >= 4 is 51.9 Å². The quantitative estimate of drug-likeness (QED) is 0.224. The van der Waals surface area contributed by atoms with Crippen LogP contribution in [0.15, 0.2) is 54.6 Å². The van der Waals surface area contributed by atoms with E-state index in [-0.39, 0.29) is 0 Å². The fourth-order valence-electron chi connectivity index (χ4n) is 6.93. The zero-order chi connectivity index (χ0) is 38.9. The van der Waals surface area contributed by atoms with E-state index in [2.05, 4.69) is 61.5 Å². The highest BCUT2D eigenvalue weighted by molar-refractivity contribution is 6.32. The summed E-state index contributed by atoms with van der Waals surface area (Å²) in [5.74, 6) is 0. The van der Waals surface area contributed by atoms with Crippen molar-refractivity contribution in [2.45, 2.75) is 20.3 Å². The number of hydrogen-bond acceptors (Lipinski definition) is 10. The van der Waals surface area contributed by atoms with Crippen molar-refractivity contribution in [1.82, 2.24) is 14.7 Å². The van der Waals surface area contributed by atoms with Gasteiger partial charge in [0.2, 0.25) is 0 Å². The van der Waals surface area contributed by atoms with E-state index in [1.807, 2.05) is 36.4 Å². The average molecular weight is 793 g/mol. The van der Waals surface area contributed by atoms with Gasteiger partial charge in [-0.25, -0.2) is 0 Å². The summed E-state index contributed by atoms with van der Waals surface area (Å²) in [5, 5.41) is 29.2. The first-order chi connectivity index (χ1) is 26.3. The number of anilines is 3. The molecule has 0 bridgehead atoms. The van der Waals surface area contributed by atoms with Crippen molar-refractivity contribution in [1.29, 1.82) is 15.8 Å². The summed E-state index contributed by atoms with van der Waals surface area (Å²) in [6.07, 6.45) is 1.20. The van der Waals surface area contributed by atoms with Crippen LogP contribution in [0.5, 0.6) is 0 Å². The molecule has 288 valence electrons. The lowest BCUT2D eigenvalue weighted by Gasteiger charge is -2.36. The van der Waals surface area contributed by atoms with Crippen molar-refractivity contribution in [3.05, 3.63) is 86.4 Å². The number of methoxy groups -OCH3 is 1. The van der Waals surface area contributed by atoms with Gasteiger partial charge in [-0.3, -0.25) is 9.80 Å². The molecule has 54 heavy (non-hydrogen) atoms. The van der Waals surface area contributed by atoms with E-state index in [1.165, 1.54) is 6.42 Å². The molecule has 3 saturated heterocycles. The maximum Gasteiger partial charge on any atom is 0.103 e. The number of benzene rings is 3. The Hall–Kier alpha value is -3.76. The van der Waals surface area contributed by atoms with Gasteiger partial charge in [0, 0.05) is 92.2 Å². The fourth-order valence-corrected chi connectivity index (χ4v) is 7.56. The lowest BCUT2D eigenvalue weighted by atomic mass is 10.1. The van der Waals surface area contributed by atoms with Gasteiger partial charge >= 0.3 is 0 Å². The first-order valence-electron chi connectivity index (χ1n) is 18.7. The highest BCUT2D eigenvalue weighted by atomic mass is 35.5. The molecule has 0 amide bonds. The van der Waals surface area contributed by atoms with Crippen LogP contribution in [-0.4, -0.2) is 127 Å². The third-order valence-electron chi connectivity index (χ3n) is 10.0. The first-order valence-corrected chi connectivity index (χ1v) is 19.9. The second-order valence-electron chi connectivity index (χ2n) is 13.3. The predicted octanol–water partition coefficient (Wildman–Crippen LogP) is 7.08. The lowest BCUT2D eigenvalue weighted by molar-refractivity contribution is 0.144. The van der Waals surface area contributed by atoms with Gasteiger partial charge in [-0.1, -0.05) is 66.8 Å². The minimum Gasteiger partial charge on any atom is -0.383 e. The predicted molar refractivity (Wildman–Crippen MR) is 222 cm³/mol. The highest BCUT2D eigenvalue weighted by Crippen LogP contribution is 2.29. The Balaban J connectivity index is 0.000000181. The molecule has 0 unspecified atom stereocenters. The molecule has 0 radical (unpaired) electrons. The Morgan fingerprint density at radius 3 is 1.15 bits per heavy atom. The summed E-state index contributed by atoms with van der Waals surface area (Å²) in [6, 6.07) is 23.6. The second kappa shape index (κ2) is 22.6. The molecular formula is C41H52Cl3N9O. The third kappa shape index (κ3) is 11.9. The molecule has 13 heteroatoms. The molecular weight excluding hydrogens is 741 g/mol. The van der Waals surface area contributed by atoms with Gasteiger partial charge in [0.25, 0.3) is 0 Å². The van der Waals surface area contributed by atoms with Crippen molar-refractivity contribution in [2.24, 2.45) is 0 Å². The monoisotopic (exact) mass is 791 g/mol. The molecule has 3 aliphatic rings. The molecule has 3 heterocycles. The largest absolute Gasteiger partial charge is 0.383 e. The van der Waals surface area contributed by atoms with Gasteiger partial charge in [-0.15, -0.1) is 0 Å². The first kappa shape index (κ1) is 43.0. The molecule has 0 spiro atoms. The van der Waals surface area contributed by atoms with Crippen LogP contribution < -0.4 is 14.7 Å². The molecule has 6 rings (SSSR count). The smallest absolute Gasteiger partial charge is 0.103 e. The molecule has 0 atom stereocenters. The Kier molecular flexibility index (Phi) is 18.0. The maximum absolute atomic E-state index is 9.21. The summed E-state index contributed by atoms with van der Waals surface area (Å²) >= 11 is 18.2. The number of hydrogen-bond donors (Lipinski definition) is 0. The van der Waals surface area contributed by atoms with E-state index in [0.717, 1.165) is 122 Å². The van der Waals surface area contributed by atoms with Gasteiger partial charge in [-0.2, -0.15) is 15.8 Å². The van der Waals surface area contributed by atoms with E-state index in [1.54, 1.807) is 25.3 Å². The van der Waals surface area contributed by atoms with Crippen molar-refractivity contribution in [3.8, 4) is 18.2 Å². The SMILES string of the molecule is CCCN1CCN(c2cccc(Cl)c2C#N)CC1.CCN1CCN(c2cccc(Cl)c2C#N)CC1.COCCN1CCN(c2cccc(Cl)c2C#N)CC1. The Bertz CT molecular complexity index is 1750. The van der Waals surface area contributed by atoms with E-state index in [4.69, 9.17) is 44.8 Å². The minimum atomic E-state index is 0.529. The summed E-state index contributed by atoms with van der Waals surface area (Å²) in [5.41, 5.74) is 4.66. The average Bonchev–Trinajstić information content (AvgIpc) is 3.21. The lowest BCUT2D eigenvalue weighted by Crippen LogP contribution is -2.47. The maximum atomic E-state index is 9.21. The summed E-state index contributed by atoms with van der Waals surface area (Å²) in [6.45, 7) is 20.2. The van der Waals surface area contributed by atoms with E-state index in [9.17, 15) is 10.5 Å². The number of ether oxygens (including phenoxy) is 1.